The van der Waals surface area contributed by atoms with Gasteiger partial charge in [-0.3, -0.25) is 9.78 Å². The molecule has 98 valence electrons. The van der Waals surface area contributed by atoms with Crippen LogP contribution in [-0.2, 0) is 6.42 Å². The molecule has 0 fully saturated rings. The van der Waals surface area contributed by atoms with E-state index < -0.39 is 0 Å². The van der Waals surface area contributed by atoms with Crippen LogP contribution in [0.25, 0.3) is 16.5 Å². The van der Waals surface area contributed by atoms with E-state index in [2.05, 4.69) is 15.4 Å². The molecule has 0 aliphatic carbocycles. The summed E-state index contributed by atoms with van der Waals surface area (Å²) in [5.74, 6) is 0. The first-order chi connectivity index (χ1) is 9.84. The van der Waals surface area contributed by atoms with Gasteiger partial charge in [-0.25, -0.2) is 0 Å². The Hall–Kier alpha value is -2.69. The van der Waals surface area contributed by atoms with E-state index in [-0.39, 0.29) is 5.56 Å². The van der Waals surface area contributed by atoms with Gasteiger partial charge in [-0.2, -0.15) is 9.78 Å². The van der Waals surface area contributed by atoms with Gasteiger partial charge < -0.3 is 5.32 Å². The van der Waals surface area contributed by atoms with E-state index in [1.54, 1.807) is 24.5 Å². The molecule has 4 rings (SSSR count). The highest BCUT2D eigenvalue weighted by Gasteiger charge is 2.17. The molecule has 0 atom stereocenters. The Morgan fingerprint density at radius 3 is 2.85 bits per heavy atom. The van der Waals surface area contributed by atoms with Gasteiger partial charge in [0.15, 0.2) is 0 Å². The second kappa shape index (κ2) is 4.16. The zero-order chi connectivity index (χ0) is 13.5. The number of anilines is 1. The molecule has 3 heterocycles. The quantitative estimate of drug-likeness (QED) is 0.727. The summed E-state index contributed by atoms with van der Waals surface area (Å²) in [7, 11) is 0. The number of hydrogen-bond acceptors (Lipinski definition) is 4. The topological polar surface area (TPSA) is 59.8 Å². The molecule has 2 aromatic heterocycles. The molecular weight excluding hydrogens is 252 g/mol. The number of pyridine rings is 1. The molecule has 1 aliphatic rings. The van der Waals surface area contributed by atoms with E-state index in [0.717, 1.165) is 35.4 Å². The van der Waals surface area contributed by atoms with Gasteiger partial charge in [-0.1, -0.05) is 6.07 Å². The van der Waals surface area contributed by atoms with Crippen molar-refractivity contribution in [3.8, 4) is 5.69 Å². The summed E-state index contributed by atoms with van der Waals surface area (Å²) in [6, 6.07) is 9.33. The molecule has 1 N–H and O–H groups in total. The average Bonchev–Trinajstić information content (AvgIpc) is 2.52. The Morgan fingerprint density at radius 2 is 2.00 bits per heavy atom. The molecule has 0 unspecified atom stereocenters. The van der Waals surface area contributed by atoms with Crippen molar-refractivity contribution in [3.05, 3.63) is 58.8 Å². The zero-order valence-corrected chi connectivity index (χ0v) is 10.7. The van der Waals surface area contributed by atoms with Gasteiger partial charge in [0.1, 0.15) is 0 Å². The maximum absolute atomic E-state index is 12.6. The van der Waals surface area contributed by atoms with Crippen LogP contribution < -0.4 is 10.9 Å². The summed E-state index contributed by atoms with van der Waals surface area (Å²) < 4.78 is 1.47. The second-order valence-corrected chi connectivity index (χ2v) is 4.77. The van der Waals surface area contributed by atoms with Gasteiger partial charge >= 0.3 is 0 Å². The molecule has 0 spiro atoms. The van der Waals surface area contributed by atoms with E-state index in [1.165, 1.54) is 4.68 Å². The number of hydrogen-bond donors (Lipinski definition) is 1. The van der Waals surface area contributed by atoms with Crippen molar-refractivity contribution < 1.29 is 0 Å². The molecule has 0 saturated heterocycles. The van der Waals surface area contributed by atoms with Crippen LogP contribution in [0.1, 0.15) is 5.69 Å². The van der Waals surface area contributed by atoms with Gasteiger partial charge in [-0.05, 0) is 24.3 Å². The molecular formula is C15H12N4O. The summed E-state index contributed by atoms with van der Waals surface area (Å²) in [5, 5.41) is 9.51. The lowest BCUT2D eigenvalue weighted by molar-refractivity contribution is 0.768. The lowest BCUT2D eigenvalue weighted by Gasteiger charge is -2.19. The highest BCUT2D eigenvalue weighted by molar-refractivity contribution is 5.96. The van der Waals surface area contributed by atoms with Gasteiger partial charge in [0, 0.05) is 36.4 Å². The van der Waals surface area contributed by atoms with Gasteiger partial charge in [0.25, 0.3) is 5.56 Å². The first-order valence-electron chi connectivity index (χ1n) is 6.54. The second-order valence-electron chi connectivity index (χ2n) is 4.77. The molecule has 0 bridgehead atoms. The summed E-state index contributed by atoms with van der Waals surface area (Å²) >= 11 is 0. The summed E-state index contributed by atoms with van der Waals surface area (Å²) in [6.07, 6.45) is 4.15. The number of rotatable bonds is 1. The molecule has 1 aromatic carbocycles. The molecule has 5 heteroatoms. The van der Waals surface area contributed by atoms with E-state index in [9.17, 15) is 4.79 Å². The van der Waals surface area contributed by atoms with Crippen LogP contribution in [0.4, 0.5) is 5.69 Å². The lowest BCUT2D eigenvalue weighted by Crippen LogP contribution is -2.26. The van der Waals surface area contributed by atoms with Gasteiger partial charge in [-0.15, -0.1) is 0 Å². The third-order valence-corrected chi connectivity index (χ3v) is 3.58. The molecule has 3 aromatic rings. The smallest absolute Gasteiger partial charge is 0.279 e. The van der Waals surface area contributed by atoms with Gasteiger partial charge in [0.05, 0.1) is 16.8 Å². The average molecular weight is 264 g/mol. The predicted molar refractivity (Wildman–Crippen MR) is 77.3 cm³/mol. The number of benzene rings is 1. The predicted octanol–water partition coefficient (Wildman–Crippen LogP) is 1.75. The lowest BCUT2D eigenvalue weighted by atomic mass is 10.0. The van der Waals surface area contributed by atoms with Crippen molar-refractivity contribution in [3.63, 3.8) is 0 Å². The SMILES string of the molecule is O=c1c2cccc3c2c(nn1-c1ccncc1)CCN3. The van der Waals surface area contributed by atoms with Crippen LogP contribution in [0.2, 0.25) is 0 Å². The normalized spacial score (nSPS) is 13.2. The molecule has 0 saturated carbocycles. The van der Waals surface area contributed by atoms with Crippen molar-refractivity contribution in [2.75, 3.05) is 11.9 Å². The van der Waals surface area contributed by atoms with E-state index in [0.29, 0.717) is 5.39 Å². The molecule has 0 radical (unpaired) electrons. The van der Waals surface area contributed by atoms with Crippen LogP contribution in [0.5, 0.6) is 0 Å². The van der Waals surface area contributed by atoms with Crippen LogP contribution in [-0.4, -0.2) is 21.3 Å². The maximum atomic E-state index is 12.6. The highest BCUT2D eigenvalue weighted by Crippen LogP contribution is 2.27. The van der Waals surface area contributed by atoms with Crippen molar-refractivity contribution >= 4 is 16.5 Å². The molecule has 1 aliphatic heterocycles. The fourth-order valence-electron chi connectivity index (χ4n) is 2.67. The van der Waals surface area contributed by atoms with E-state index >= 15 is 0 Å². The van der Waals surface area contributed by atoms with Crippen molar-refractivity contribution in [1.82, 2.24) is 14.8 Å². The Bertz CT molecular complexity index is 855. The van der Waals surface area contributed by atoms with E-state index in [1.807, 2.05) is 18.2 Å². The van der Waals surface area contributed by atoms with Crippen molar-refractivity contribution in [1.29, 1.82) is 0 Å². The van der Waals surface area contributed by atoms with E-state index in [4.69, 9.17) is 0 Å². The maximum Gasteiger partial charge on any atom is 0.279 e. The minimum absolute atomic E-state index is 0.0968. The fraction of sp³-hybridized carbons (Fsp3) is 0.133. The third kappa shape index (κ3) is 1.53. The Morgan fingerprint density at radius 1 is 1.15 bits per heavy atom. The molecule has 20 heavy (non-hydrogen) atoms. The summed E-state index contributed by atoms with van der Waals surface area (Å²) in [4.78, 5) is 16.6. The Kier molecular flexibility index (Phi) is 2.32. The zero-order valence-electron chi connectivity index (χ0n) is 10.7. The summed E-state index contributed by atoms with van der Waals surface area (Å²) in [5.41, 5.74) is 2.61. The standard InChI is InChI=1S/C15H12N4O/c20-15-11-2-1-3-12-14(11)13(6-9-17-12)18-19(15)10-4-7-16-8-5-10/h1-5,7-8,17H,6,9H2. The van der Waals surface area contributed by atoms with Crippen molar-refractivity contribution in [2.45, 2.75) is 6.42 Å². The fourth-order valence-corrected chi connectivity index (χ4v) is 2.67. The minimum atomic E-state index is -0.0968. The Labute approximate surface area is 114 Å². The molecule has 5 nitrogen and oxygen atoms in total. The van der Waals surface area contributed by atoms with Crippen LogP contribution >= 0.6 is 0 Å². The molecule has 0 amide bonds. The largest absolute Gasteiger partial charge is 0.384 e. The van der Waals surface area contributed by atoms with Crippen LogP contribution in [0.3, 0.4) is 0 Å². The number of aromatic nitrogens is 3. The van der Waals surface area contributed by atoms with Crippen LogP contribution in [0, 0.1) is 0 Å². The van der Waals surface area contributed by atoms with Crippen molar-refractivity contribution in [2.24, 2.45) is 0 Å². The third-order valence-electron chi connectivity index (χ3n) is 3.58. The van der Waals surface area contributed by atoms with Crippen LogP contribution in [0.15, 0.2) is 47.5 Å². The summed E-state index contributed by atoms with van der Waals surface area (Å²) in [6.45, 7) is 0.841. The number of nitrogens with one attached hydrogen (secondary N) is 1. The highest BCUT2D eigenvalue weighted by atomic mass is 16.1. The number of nitrogens with zero attached hydrogens (tertiary/aromatic N) is 3. The first kappa shape index (κ1) is 11.2. The van der Waals surface area contributed by atoms with Gasteiger partial charge in [0.2, 0.25) is 0 Å². The first-order valence-corrected chi connectivity index (χ1v) is 6.54. The Balaban J connectivity index is 2.11. The monoisotopic (exact) mass is 264 g/mol. The minimum Gasteiger partial charge on any atom is -0.384 e.